The lowest BCUT2D eigenvalue weighted by Crippen LogP contribution is -2.54. The van der Waals surface area contributed by atoms with Crippen molar-refractivity contribution in [3.05, 3.63) is 69.8 Å². The first kappa shape index (κ1) is 17.4. The van der Waals surface area contributed by atoms with Crippen LogP contribution in [-0.4, -0.2) is 25.0 Å². The number of benzene rings is 3. The van der Waals surface area contributed by atoms with Crippen LogP contribution < -0.4 is 19.1 Å². The van der Waals surface area contributed by atoms with Gasteiger partial charge in [0, 0.05) is 24.3 Å². The highest BCUT2D eigenvalue weighted by molar-refractivity contribution is 5.90. The molecule has 0 saturated carbocycles. The van der Waals surface area contributed by atoms with Crippen molar-refractivity contribution in [3.8, 4) is 17.2 Å². The molecule has 2 aliphatic heterocycles. The van der Waals surface area contributed by atoms with Crippen molar-refractivity contribution in [3.63, 3.8) is 0 Å². The maximum Gasteiger partial charge on any atom is 0.363 e. The Kier molecular flexibility index (Phi) is 3.52. The molecule has 7 nitrogen and oxygen atoms in total. The fraction of sp³-hybridized carbons (Fsp3) is 0.182. The first-order chi connectivity index (χ1) is 13.9. The number of rotatable bonds is 2. The molecule has 2 aliphatic rings. The Balaban J connectivity index is 1.65. The molecule has 1 spiro atoms. The number of anilines is 1. The number of hydrogen-bond acceptors (Lipinski definition) is 6. The van der Waals surface area contributed by atoms with E-state index >= 15 is 0 Å². The van der Waals surface area contributed by atoms with Gasteiger partial charge in [-0.25, -0.2) is 0 Å². The van der Waals surface area contributed by atoms with E-state index in [0.29, 0.717) is 17.1 Å². The van der Waals surface area contributed by atoms with E-state index in [-0.39, 0.29) is 11.4 Å². The minimum atomic E-state index is -1.18. The quantitative estimate of drug-likeness (QED) is 0.465. The van der Waals surface area contributed by atoms with Crippen molar-refractivity contribution >= 4 is 28.2 Å². The first-order valence-corrected chi connectivity index (χ1v) is 9.13. The van der Waals surface area contributed by atoms with Crippen molar-refractivity contribution in [2.45, 2.75) is 12.8 Å². The van der Waals surface area contributed by atoms with E-state index in [0.717, 1.165) is 22.0 Å². The Hall–Kier alpha value is -3.74. The van der Waals surface area contributed by atoms with Crippen molar-refractivity contribution in [1.29, 1.82) is 0 Å². The van der Waals surface area contributed by atoms with Gasteiger partial charge in [0.15, 0.2) is 17.2 Å². The summed E-state index contributed by atoms with van der Waals surface area (Å²) in [5.74, 6) is 0.225. The molecule has 0 amide bonds. The predicted octanol–water partition coefficient (Wildman–Crippen LogP) is 4.73. The summed E-state index contributed by atoms with van der Waals surface area (Å²) in [7, 11) is 3.36. The Bertz CT molecular complexity index is 1220. The summed E-state index contributed by atoms with van der Waals surface area (Å²) in [6, 6.07) is 15.0. The second kappa shape index (κ2) is 5.88. The monoisotopic (exact) mass is 390 g/mol. The molecule has 0 radical (unpaired) electrons. The van der Waals surface area contributed by atoms with Crippen LogP contribution in [0, 0.1) is 10.1 Å². The largest absolute Gasteiger partial charge is 0.493 e. The zero-order valence-corrected chi connectivity index (χ0v) is 16.1. The molecular formula is C22H18N2O5. The predicted molar refractivity (Wildman–Crippen MR) is 110 cm³/mol. The van der Waals surface area contributed by atoms with Crippen molar-refractivity contribution in [1.82, 2.24) is 0 Å². The normalized spacial score (nSPS) is 19.3. The molecule has 7 heteroatoms. The van der Waals surface area contributed by atoms with Crippen molar-refractivity contribution in [2.24, 2.45) is 0 Å². The van der Waals surface area contributed by atoms with Crippen molar-refractivity contribution in [2.75, 3.05) is 19.1 Å². The van der Waals surface area contributed by atoms with Gasteiger partial charge < -0.3 is 14.2 Å². The fourth-order valence-corrected chi connectivity index (χ4v) is 3.99. The second-order valence-corrected chi connectivity index (χ2v) is 7.16. The molecule has 3 aromatic carbocycles. The van der Waals surface area contributed by atoms with Crippen LogP contribution in [0.25, 0.3) is 16.8 Å². The minimum absolute atomic E-state index is 0.0561. The summed E-state index contributed by atoms with van der Waals surface area (Å²) in [4.78, 5) is 12.7. The molecule has 1 atom stereocenters. The van der Waals surface area contributed by atoms with E-state index in [1.807, 2.05) is 49.2 Å². The molecule has 0 fully saturated rings. The number of non-ortho nitro benzene ring substituents is 1. The van der Waals surface area contributed by atoms with Gasteiger partial charge in [0.2, 0.25) is 0 Å². The average molecular weight is 390 g/mol. The number of nitro groups is 1. The Morgan fingerprint density at radius 1 is 1.10 bits per heavy atom. The summed E-state index contributed by atoms with van der Waals surface area (Å²) in [6.07, 6.45) is 1.84. The van der Waals surface area contributed by atoms with E-state index in [1.165, 1.54) is 19.2 Å². The van der Waals surface area contributed by atoms with E-state index < -0.39 is 10.8 Å². The second-order valence-electron chi connectivity index (χ2n) is 7.16. The van der Waals surface area contributed by atoms with E-state index in [4.69, 9.17) is 14.2 Å². The number of methoxy groups -OCH3 is 1. The third-order valence-electron chi connectivity index (χ3n) is 5.49. The van der Waals surface area contributed by atoms with Crippen LogP contribution in [-0.2, 0) is 0 Å². The van der Waals surface area contributed by atoms with Gasteiger partial charge in [-0.15, -0.1) is 0 Å². The molecule has 0 saturated heterocycles. The summed E-state index contributed by atoms with van der Waals surface area (Å²) < 4.78 is 18.1. The molecule has 0 N–H and O–H groups in total. The highest BCUT2D eigenvalue weighted by Gasteiger charge is 2.51. The molecule has 5 rings (SSSR count). The Morgan fingerprint density at radius 3 is 2.52 bits per heavy atom. The van der Waals surface area contributed by atoms with E-state index in [1.54, 1.807) is 0 Å². The van der Waals surface area contributed by atoms with Gasteiger partial charge in [0.25, 0.3) is 5.69 Å². The van der Waals surface area contributed by atoms with E-state index in [2.05, 4.69) is 12.1 Å². The number of nitro benzene ring substituents is 1. The molecule has 3 aromatic rings. The van der Waals surface area contributed by atoms with Gasteiger partial charge in [-0.2, -0.15) is 0 Å². The maximum absolute atomic E-state index is 11.3. The molecule has 1 unspecified atom stereocenters. The van der Waals surface area contributed by atoms with Crippen LogP contribution in [0.2, 0.25) is 0 Å². The SMILES string of the molecule is COc1cc([N+](=O)[O-])cc2c1OC1(Oc3cc4ccccc4cc3N1C)C(C)=C2. The average Bonchev–Trinajstić information content (AvgIpc) is 2.98. The zero-order valence-electron chi connectivity index (χ0n) is 16.1. The molecule has 0 aromatic heterocycles. The van der Waals surface area contributed by atoms with Gasteiger partial charge in [-0.3, -0.25) is 15.0 Å². The van der Waals surface area contributed by atoms with Crippen LogP contribution in [0.4, 0.5) is 11.4 Å². The smallest absolute Gasteiger partial charge is 0.363 e. The van der Waals surface area contributed by atoms with Crippen molar-refractivity contribution < 1.29 is 19.1 Å². The number of fused-ring (bicyclic) bond motifs is 3. The number of ether oxygens (including phenoxy) is 3. The lowest BCUT2D eigenvalue weighted by atomic mass is 10.0. The highest BCUT2D eigenvalue weighted by atomic mass is 16.7. The first-order valence-electron chi connectivity index (χ1n) is 9.13. The summed E-state index contributed by atoms with van der Waals surface area (Å²) >= 11 is 0. The van der Waals surface area contributed by atoms with Crippen LogP contribution in [0.5, 0.6) is 17.2 Å². The molecule has 0 bridgehead atoms. The molecule has 29 heavy (non-hydrogen) atoms. The van der Waals surface area contributed by atoms with Gasteiger partial charge >= 0.3 is 5.91 Å². The lowest BCUT2D eigenvalue weighted by Gasteiger charge is -2.39. The topological polar surface area (TPSA) is 74.1 Å². The van der Waals surface area contributed by atoms with Gasteiger partial charge in [-0.1, -0.05) is 24.3 Å². The summed E-state index contributed by atoms with van der Waals surface area (Å²) in [6.45, 7) is 1.89. The Labute approximate surface area is 166 Å². The number of nitrogens with zero attached hydrogens (tertiary/aromatic N) is 2. The van der Waals surface area contributed by atoms with Crippen LogP contribution >= 0.6 is 0 Å². The van der Waals surface area contributed by atoms with Gasteiger partial charge in [0.05, 0.1) is 23.8 Å². The van der Waals surface area contributed by atoms with E-state index in [9.17, 15) is 10.1 Å². The highest BCUT2D eigenvalue weighted by Crippen LogP contribution is 2.51. The van der Waals surface area contributed by atoms with Crippen LogP contribution in [0.15, 0.2) is 54.1 Å². The van der Waals surface area contributed by atoms with Gasteiger partial charge in [0.1, 0.15) is 0 Å². The molecular weight excluding hydrogens is 372 g/mol. The van der Waals surface area contributed by atoms with Crippen LogP contribution in [0.1, 0.15) is 12.5 Å². The van der Waals surface area contributed by atoms with Gasteiger partial charge in [-0.05, 0) is 35.9 Å². The Morgan fingerprint density at radius 2 is 1.83 bits per heavy atom. The third kappa shape index (κ3) is 2.37. The van der Waals surface area contributed by atoms with Crippen LogP contribution in [0.3, 0.4) is 0 Å². The molecule has 0 aliphatic carbocycles. The lowest BCUT2D eigenvalue weighted by molar-refractivity contribution is -0.385. The number of hydrogen-bond donors (Lipinski definition) is 0. The minimum Gasteiger partial charge on any atom is -0.493 e. The summed E-state index contributed by atoms with van der Waals surface area (Å²) in [5.41, 5.74) is 2.20. The standard InChI is InChI=1S/C22H18N2O5/c1-13-8-16-9-17(24(25)26)12-20(27-3)21(16)29-22(13)23(2)18-10-14-6-4-5-7-15(14)11-19(18)28-22/h4-12H,1-3H3. The number of likely N-dealkylation sites (N-methyl/N-ethyl adjacent to an activating group) is 1. The molecule has 146 valence electrons. The zero-order chi connectivity index (χ0) is 20.3. The molecule has 2 heterocycles. The fourth-order valence-electron chi connectivity index (χ4n) is 3.99. The maximum atomic E-state index is 11.3. The summed E-state index contributed by atoms with van der Waals surface area (Å²) in [5, 5.41) is 13.4. The third-order valence-corrected chi connectivity index (χ3v) is 5.49.